The Bertz CT molecular complexity index is 973. The van der Waals surface area contributed by atoms with Crippen LogP contribution in [0.4, 0.5) is 5.69 Å². The fraction of sp³-hybridized carbons (Fsp3) is 0.174. The molecule has 0 saturated heterocycles. The number of aryl methyl sites for hydroxylation is 3. The van der Waals surface area contributed by atoms with Crippen molar-refractivity contribution in [3.8, 4) is 0 Å². The molecule has 5 nitrogen and oxygen atoms in total. The summed E-state index contributed by atoms with van der Waals surface area (Å²) < 4.78 is 0. The molecule has 3 aromatic rings. The number of nitrogens with one attached hydrogen (secondary N) is 2. The molecule has 2 amide bonds. The van der Waals surface area contributed by atoms with Crippen LogP contribution in [-0.4, -0.2) is 16.8 Å². The molecule has 3 rings (SSSR count). The zero-order valence-electron chi connectivity index (χ0n) is 16.2. The van der Waals surface area contributed by atoms with E-state index in [1.165, 1.54) is 0 Å². The van der Waals surface area contributed by atoms with E-state index in [4.69, 9.17) is 0 Å². The zero-order chi connectivity index (χ0) is 20.1. The highest BCUT2D eigenvalue weighted by Crippen LogP contribution is 2.22. The summed E-state index contributed by atoms with van der Waals surface area (Å²) >= 11 is 0. The number of pyridine rings is 1. The normalized spacial score (nSPS) is 10.4. The molecule has 0 unspecified atom stereocenters. The summed E-state index contributed by atoms with van der Waals surface area (Å²) in [5.41, 5.74) is 6.03. The summed E-state index contributed by atoms with van der Waals surface area (Å²) in [5, 5.41) is 5.83. The van der Waals surface area contributed by atoms with Crippen LogP contribution in [0.5, 0.6) is 0 Å². The van der Waals surface area contributed by atoms with Gasteiger partial charge in [-0.25, -0.2) is 0 Å². The maximum absolute atomic E-state index is 12.6. The topological polar surface area (TPSA) is 71.1 Å². The minimum Gasteiger partial charge on any atom is -0.348 e. The number of hydrogen-bond donors (Lipinski definition) is 2. The summed E-state index contributed by atoms with van der Waals surface area (Å²) in [4.78, 5) is 28.8. The molecule has 1 aromatic heterocycles. The lowest BCUT2D eigenvalue weighted by Crippen LogP contribution is -2.23. The van der Waals surface area contributed by atoms with E-state index in [2.05, 4.69) is 15.6 Å². The minimum atomic E-state index is -0.196. The predicted octanol–water partition coefficient (Wildman–Crippen LogP) is 4.19. The van der Waals surface area contributed by atoms with Crippen LogP contribution in [0.2, 0.25) is 0 Å². The Morgan fingerprint density at radius 2 is 1.36 bits per heavy atom. The van der Waals surface area contributed by atoms with Crippen LogP contribution in [0.15, 0.2) is 60.9 Å². The number of hydrogen-bond acceptors (Lipinski definition) is 3. The number of carbonyl (C=O) groups is 2. The highest BCUT2D eigenvalue weighted by atomic mass is 16.2. The first-order chi connectivity index (χ1) is 13.4. The van der Waals surface area contributed by atoms with Gasteiger partial charge in [-0.05, 0) is 73.9 Å². The van der Waals surface area contributed by atoms with Crippen LogP contribution >= 0.6 is 0 Å². The van der Waals surface area contributed by atoms with E-state index >= 15 is 0 Å². The van der Waals surface area contributed by atoms with Crippen LogP contribution in [0.3, 0.4) is 0 Å². The molecule has 0 spiro atoms. The molecule has 2 aromatic carbocycles. The molecule has 0 fully saturated rings. The summed E-state index contributed by atoms with van der Waals surface area (Å²) in [5.74, 6) is -0.382. The molecule has 0 bridgehead atoms. The van der Waals surface area contributed by atoms with Crippen molar-refractivity contribution < 1.29 is 9.59 Å². The van der Waals surface area contributed by atoms with Gasteiger partial charge in [-0.3, -0.25) is 14.6 Å². The van der Waals surface area contributed by atoms with E-state index in [9.17, 15) is 9.59 Å². The van der Waals surface area contributed by atoms with E-state index in [-0.39, 0.29) is 11.8 Å². The number of benzene rings is 2. The van der Waals surface area contributed by atoms with Crippen LogP contribution in [-0.2, 0) is 6.54 Å². The van der Waals surface area contributed by atoms with Gasteiger partial charge in [0, 0.05) is 35.8 Å². The second kappa shape index (κ2) is 8.48. The number of nitrogens with zero attached hydrogens (tertiary/aromatic N) is 1. The number of amides is 2. The first-order valence-electron chi connectivity index (χ1n) is 9.10. The second-order valence-corrected chi connectivity index (χ2v) is 6.84. The Morgan fingerprint density at radius 1 is 0.821 bits per heavy atom. The molecular formula is C23H23N3O2. The molecule has 142 valence electrons. The molecule has 1 heterocycles. The molecule has 0 radical (unpaired) electrons. The lowest BCUT2D eigenvalue weighted by Gasteiger charge is -2.13. The van der Waals surface area contributed by atoms with Gasteiger partial charge in [0.1, 0.15) is 0 Å². The van der Waals surface area contributed by atoms with Crippen molar-refractivity contribution in [1.82, 2.24) is 10.3 Å². The van der Waals surface area contributed by atoms with Gasteiger partial charge >= 0.3 is 0 Å². The Labute approximate surface area is 164 Å². The van der Waals surface area contributed by atoms with Gasteiger partial charge in [-0.15, -0.1) is 0 Å². The number of rotatable bonds is 5. The fourth-order valence-electron chi connectivity index (χ4n) is 3.12. The lowest BCUT2D eigenvalue weighted by atomic mass is 10.0. The van der Waals surface area contributed by atoms with Crippen molar-refractivity contribution in [1.29, 1.82) is 0 Å². The molecule has 0 aliphatic carbocycles. The number of aromatic nitrogens is 1. The molecule has 0 saturated carbocycles. The summed E-state index contributed by atoms with van der Waals surface area (Å²) in [6.07, 6.45) is 3.37. The third kappa shape index (κ3) is 4.62. The minimum absolute atomic E-state index is 0.186. The molecule has 0 aliphatic rings. The van der Waals surface area contributed by atoms with Gasteiger partial charge in [-0.1, -0.05) is 17.7 Å². The Hall–Kier alpha value is -3.47. The maximum atomic E-state index is 12.6. The van der Waals surface area contributed by atoms with Crippen LogP contribution in [0, 0.1) is 20.8 Å². The fourth-order valence-corrected chi connectivity index (χ4v) is 3.12. The van der Waals surface area contributed by atoms with Crippen molar-refractivity contribution >= 4 is 17.5 Å². The molecule has 0 atom stereocenters. The average molecular weight is 373 g/mol. The lowest BCUT2D eigenvalue weighted by molar-refractivity contribution is 0.0949. The molecule has 5 heteroatoms. The van der Waals surface area contributed by atoms with Gasteiger partial charge in [0.2, 0.25) is 0 Å². The Balaban J connectivity index is 1.65. The average Bonchev–Trinajstić information content (AvgIpc) is 2.69. The first kappa shape index (κ1) is 19.3. The molecule has 2 N–H and O–H groups in total. The zero-order valence-corrected chi connectivity index (χ0v) is 16.2. The van der Waals surface area contributed by atoms with Crippen molar-refractivity contribution in [2.45, 2.75) is 27.3 Å². The maximum Gasteiger partial charge on any atom is 0.255 e. The molecular weight excluding hydrogens is 350 g/mol. The predicted molar refractivity (Wildman–Crippen MR) is 110 cm³/mol. The third-order valence-corrected chi connectivity index (χ3v) is 4.53. The van der Waals surface area contributed by atoms with Gasteiger partial charge < -0.3 is 10.6 Å². The van der Waals surface area contributed by atoms with Gasteiger partial charge in [0.25, 0.3) is 11.8 Å². The summed E-state index contributed by atoms with van der Waals surface area (Å²) in [7, 11) is 0. The van der Waals surface area contributed by atoms with E-state index in [1.807, 2.05) is 45.0 Å². The molecule has 28 heavy (non-hydrogen) atoms. The smallest absolute Gasteiger partial charge is 0.255 e. The Morgan fingerprint density at radius 3 is 1.93 bits per heavy atom. The van der Waals surface area contributed by atoms with Crippen molar-refractivity contribution in [2.24, 2.45) is 0 Å². The third-order valence-electron chi connectivity index (χ3n) is 4.53. The molecule has 0 aliphatic heterocycles. The monoisotopic (exact) mass is 373 g/mol. The van der Waals surface area contributed by atoms with Gasteiger partial charge in [-0.2, -0.15) is 0 Å². The van der Waals surface area contributed by atoms with E-state index in [1.54, 1.807) is 36.7 Å². The SMILES string of the molecule is Cc1cc(C)c(NC(=O)c2ccc(C(=O)NCc3ccncc3)cc2)c(C)c1. The van der Waals surface area contributed by atoms with Gasteiger partial charge in [0.15, 0.2) is 0 Å². The highest BCUT2D eigenvalue weighted by Gasteiger charge is 2.12. The van der Waals surface area contributed by atoms with Crippen molar-refractivity contribution in [3.05, 3.63) is 94.3 Å². The van der Waals surface area contributed by atoms with E-state index < -0.39 is 0 Å². The largest absolute Gasteiger partial charge is 0.348 e. The quantitative estimate of drug-likeness (QED) is 0.704. The number of anilines is 1. The summed E-state index contributed by atoms with van der Waals surface area (Å²) in [6, 6.07) is 14.4. The van der Waals surface area contributed by atoms with Crippen LogP contribution in [0.1, 0.15) is 43.0 Å². The highest BCUT2D eigenvalue weighted by molar-refractivity contribution is 6.05. The van der Waals surface area contributed by atoms with E-state index in [0.29, 0.717) is 17.7 Å². The van der Waals surface area contributed by atoms with Crippen molar-refractivity contribution in [2.75, 3.05) is 5.32 Å². The van der Waals surface area contributed by atoms with Crippen LogP contribution in [0.25, 0.3) is 0 Å². The summed E-state index contributed by atoms with van der Waals surface area (Å²) in [6.45, 7) is 6.41. The Kier molecular flexibility index (Phi) is 5.84. The second-order valence-electron chi connectivity index (χ2n) is 6.84. The first-order valence-corrected chi connectivity index (χ1v) is 9.10. The van der Waals surface area contributed by atoms with Crippen LogP contribution < -0.4 is 10.6 Å². The van der Waals surface area contributed by atoms with Crippen molar-refractivity contribution in [3.63, 3.8) is 0 Å². The number of carbonyl (C=O) groups excluding carboxylic acids is 2. The standard InChI is InChI=1S/C23H23N3O2/c1-15-12-16(2)21(17(3)13-15)26-23(28)20-6-4-19(5-7-20)22(27)25-14-18-8-10-24-11-9-18/h4-13H,14H2,1-3H3,(H,25,27)(H,26,28). The van der Waals surface area contributed by atoms with E-state index in [0.717, 1.165) is 27.9 Å². The van der Waals surface area contributed by atoms with Gasteiger partial charge in [0.05, 0.1) is 0 Å².